The van der Waals surface area contributed by atoms with Gasteiger partial charge in [0.25, 0.3) is 0 Å². The number of esters is 1. The number of hydrogen-bond acceptors (Lipinski definition) is 7. The van der Waals surface area contributed by atoms with Gasteiger partial charge < -0.3 is 15.2 Å². The number of aromatic hydroxyl groups is 1. The zero-order valence-electron chi connectivity index (χ0n) is 17.5. The number of nitrogens with one attached hydrogen (secondary N) is 2. The topological polar surface area (TPSA) is 96.9 Å². The molecular formula is C23H24N2O5S. The van der Waals surface area contributed by atoms with Crippen molar-refractivity contribution < 1.29 is 23.1 Å². The summed E-state index contributed by atoms with van der Waals surface area (Å²) in [6.45, 7) is 3.62. The number of fused-ring (bicyclic) bond motifs is 1. The molecule has 0 aromatic heterocycles. The van der Waals surface area contributed by atoms with Gasteiger partial charge in [-0.3, -0.25) is 5.48 Å². The summed E-state index contributed by atoms with van der Waals surface area (Å²) in [5.74, 6) is -0.636. The van der Waals surface area contributed by atoms with Gasteiger partial charge in [-0.2, -0.15) is 4.28 Å². The molecule has 0 aliphatic carbocycles. The van der Waals surface area contributed by atoms with Crippen molar-refractivity contribution in [2.45, 2.75) is 18.7 Å². The quantitative estimate of drug-likeness (QED) is 0.210. The maximum absolute atomic E-state index is 12.7. The van der Waals surface area contributed by atoms with Crippen molar-refractivity contribution in [1.82, 2.24) is 5.32 Å². The predicted octanol–water partition coefficient (Wildman–Crippen LogP) is 4.13. The van der Waals surface area contributed by atoms with Crippen LogP contribution in [0.4, 0.5) is 5.69 Å². The normalized spacial score (nSPS) is 12.7. The molecule has 3 rings (SSSR count). The lowest BCUT2D eigenvalue weighted by atomic mass is 9.97. The third-order valence-electron chi connectivity index (χ3n) is 4.68. The molecule has 1 atom stereocenters. The van der Waals surface area contributed by atoms with Crippen molar-refractivity contribution in [3.8, 4) is 5.75 Å². The Bertz CT molecular complexity index is 1150. The fourth-order valence-electron chi connectivity index (χ4n) is 3.09. The Hall–Kier alpha value is -3.36. The van der Waals surface area contributed by atoms with Crippen molar-refractivity contribution in [2.24, 2.45) is 0 Å². The molecule has 162 valence electrons. The number of phenolic OH excluding ortho intramolecular Hbond substituents is 1. The Labute approximate surface area is 183 Å². The van der Waals surface area contributed by atoms with Crippen LogP contribution in [0.3, 0.4) is 0 Å². The summed E-state index contributed by atoms with van der Waals surface area (Å²) in [7, 11) is 1.68. The summed E-state index contributed by atoms with van der Waals surface area (Å²) in [5.41, 5.74) is 4.16. The Morgan fingerprint density at radius 1 is 1.06 bits per heavy atom. The second-order valence-corrected chi connectivity index (χ2v) is 7.68. The van der Waals surface area contributed by atoms with Gasteiger partial charge in [0.2, 0.25) is 11.1 Å². The highest BCUT2D eigenvalue weighted by molar-refractivity contribution is 7.80. The van der Waals surface area contributed by atoms with E-state index in [9.17, 15) is 14.1 Å². The lowest BCUT2D eigenvalue weighted by Gasteiger charge is -2.17. The van der Waals surface area contributed by atoms with Gasteiger partial charge in [-0.15, -0.1) is 0 Å². The van der Waals surface area contributed by atoms with Gasteiger partial charge in [0.05, 0.1) is 22.8 Å². The maximum Gasteiger partial charge on any atom is 0.340 e. The zero-order chi connectivity index (χ0) is 22.4. The van der Waals surface area contributed by atoms with Crippen LogP contribution in [0.15, 0.2) is 71.3 Å². The van der Waals surface area contributed by atoms with Crippen LogP contribution >= 0.6 is 0 Å². The van der Waals surface area contributed by atoms with Gasteiger partial charge in [-0.25, -0.2) is 9.00 Å². The average molecular weight is 441 g/mol. The van der Waals surface area contributed by atoms with Gasteiger partial charge in [0, 0.05) is 29.1 Å². The number of anilines is 1. The first-order chi connectivity index (χ1) is 15.0. The Balaban J connectivity index is 2.09. The zero-order valence-corrected chi connectivity index (χ0v) is 18.3. The van der Waals surface area contributed by atoms with E-state index in [0.717, 1.165) is 0 Å². The van der Waals surface area contributed by atoms with E-state index in [4.69, 9.17) is 9.02 Å². The molecule has 0 radical (unpaired) electrons. The molecule has 1 unspecified atom stereocenters. The highest BCUT2D eigenvalue weighted by Gasteiger charge is 2.23. The molecule has 3 aromatic carbocycles. The molecule has 0 spiro atoms. The van der Waals surface area contributed by atoms with Crippen LogP contribution in [0.25, 0.3) is 16.3 Å². The molecule has 0 bridgehead atoms. The van der Waals surface area contributed by atoms with Gasteiger partial charge >= 0.3 is 5.97 Å². The number of ether oxygens (including phenoxy) is 1. The molecule has 0 aliphatic rings. The predicted molar refractivity (Wildman–Crippen MR) is 121 cm³/mol. The lowest BCUT2D eigenvalue weighted by Crippen LogP contribution is -2.15. The van der Waals surface area contributed by atoms with E-state index in [1.165, 1.54) is 0 Å². The lowest BCUT2D eigenvalue weighted by molar-refractivity contribution is -0.136. The summed E-state index contributed by atoms with van der Waals surface area (Å²) in [4.78, 5) is 13.2. The number of phenols is 1. The third kappa shape index (κ3) is 4.87. The van der Waals surface area contributed by atoms with E-state index in [1.54, 1.807) is 69.4 Å². The van der Waals surface area contributed by atoms with E-state index < -0.39 is 17.0 Å². The number of hydrogen-bond donors (Lipinski definition) is 3. The first-order valence-corrected chi connectivity index (χ1v) is 10.8. The van der Waals surface area contributed by atoms with Crippen molar-refractivity contribution in [2.75, 3.05) is 19.1 Å². The van der Waals surface area contributed by atoms with Crippen LogP contribution in [0, 0.1) is 0 Å². The smallest absolute Gasteiger partial charge is 0.340 e. The molecular weight excluding hydrogens is 416 g/mol. The second kappa shape index (κ2) is 10.1. The number of carbonyl (C=O) groups excluding carboxylic acids is 1. The van der Waals surface area contributed by atoms with Crippen molar-refractivity contribution in [1.29, 1.82) is 0 Å². The van der Waals surface area contributed by atoms with Crippen molar-refractivity contribution in [3.63, 3.8) is 0 Å². The fraction of sp³-hybridized carbons (Fsp3) is 0.174. The minimum Gasteiger partial charge on any atom is -0.507 e. The molecule has 0 aliphatic heterocycles. The van der Waals surface area contributed by atoms with Crippen LogP contribution in [0.2, 0.25) is 0 Å². The minimum absolute atomic E-state index is 0.0667. The second-order valence-electron chi connectivity index (χ2n) is 6.57. The molecule has 0 amide bonds. The first-order valence-electron chi connectivity index (χ1n) is 9.68. The fourth-order valence-corrected chi connectivity index (χ4v) is 3.73. The van der Waals surface area contributed by atoms with Crippen LogP contribution < -0.4 is 10.8 Å². The molecule has 8 heteroatoms. The molecule has 0 saturated carbocycles. The Kier molecular flexibility index (Phi) is 7.28. The van der Waals surface area contributed by atoms with E-state index in [-0.39, 0.29) is 23.5 Å². The maximum atomic E-state index is 12.7. The standard InChI is InChI=1S/C23H24N2O5S/c1-4-29-23(27)21(15(2)24-3)19-14-20(17-12-8-9-13-18(17)22(19)26)25-30-31(28)16-10-6-5-7-11-16/h5-14,24-26H,4H2,1-3H3/b21-15-. The first kappa shape index (κ1) is 22.3. The highest BCUT2D eigenvalue weighted by Crippen LogP contribution is 2.39. The van der Waals surface area contributed by atoms with Crippen LogP contribution in [0.5, 0.6) is 5.75 Å². The SMILES string of the molecule is CCOC(=O)/C(=C(/C)NC)c1cc(NOS(=O)c2ccccc2)c2ccccc2c1O. The van der Waals surface area contributed by atoms with Gasteiger partial charge in [-0.05, 0) is 32.0 Å². The molecule has 0 saturated heterocycles. The van der Waals surface area contributed by atoms with E-state index >= 15 is 0 Å². The minimum atomic E-state index is -1.76. The monoisotopic (exact) mass is 440 g/mol. The van der Waals surface area contributed by atoms with E-state index in [1.807, 2.05) is 12.1 Å². The molecule has 31 heavy (non-hydrogen) atoms. The summed E-state index contributed by atoms with van der Waals surface area (Å²) in [6.07, 6.45) is 0. The van der Waals surface area contributed by atoms with Crippen LogP contribution in [0.1, 0.15) is 19.4 Å². The number of benzene rings is 3. The van der Waals surface area contributed by atoms with Crippen molar-refractivity contribution in [3.05, 3.63) is 71.9 Å². The van der Waals surface area contributed by atoms with Gasteiger partial charge in [0.1, 0.15) is 5.75 Å². The Morgan fingerprint density at radius 2 is 1.71 bits per heavy atom. The molecule has 3 aromatic rings. The van der Waals surface area contributed by atoms with E-state index in [0.29, 0.717) is 27.1 Å². The molecule has 0 fully saturated rings. The largest absolute Gasteiger partial charge is 0.507 e. The number of rotatable bonds is 8. The number of carbonyl (C=O) groups is 1. The Morgan fingerprint density at radius 3 is 2.35 bits per heavy atom. The molecule has 3 N–H and O–H groups in total. The van der Waals surface area contributed by atoms with Crippen molar-refractivity contribution >= 4 is 39.1 Å². The van der Waals surface area contributed by atoms with Crippen LogP contribution in [-0.4, -0.2) is 28.9 Å². The summed E-state index contributed by atoms with van der Waals surface area (Å²) in [5, 5.41) is 15.0. The third-order valence-corrected chi connectivity index (χ3v) is 5.57. The molecule has 0 heterocycles. The van der Waals surface area contributed by atoms with E-state index in [2.05, 4.69) is 10.8 Å². The van der Waals surface area contributed by atoms with Gasteiger partial charge in [0.15, 0.2) is 0 Å². The summed E-state index contributed by atoms with van der Waals surface area (Å²) in [6, 6.07) is 17.4. The summed E-state index contributed by atoms with van der Waals surface area (Å²) < 4.78 is 23.1. The average Bonchev–Trinajstić information content (AvgIpc) is 2.80. The summed E-state index contributed by atoms with van der Waals surface area (Å²) >= 11 is -1.76. The highest BCUT2D eigenvalue weighted by atomic mass is 32.2. The number of allylic oxidation sites excluding steroid dienone is 1. The molecule has 7 nitrogen and oxygen atoms in total. The van der Waals surface area contributed by atoms with Gasteiger partial charge in [-0.1, -0.05) is 42.5 Å². The van der Waals surface area contributed by atoms with Crippen LogP contribution in [-0.2, 0) is 24.9 Å².